The van der Waals surface area contributed by atoms with Crippen molar-refractivity contribution in [2.45, 2.75) is 6.92 Å². The van der Waals surface area contributed by atoms with Crippen LogP contribution in [0.25, 0.3) is 11.3 Å². The third kappa shape index (κ3) is 3.60. The second kappa shape index (κ2) is 7.23. The van der Waals surface area contributed by atoms with Gasteiger partial charge < -0.3 is 0 Å². The molecular weight excluding hydrogens is 368 g/mol. The molecule has 24 heavy (non-hydrogen) atoms. The number of hydrazone groups is 1. The van der Waals surface area contributed by atoms with Gasteiger partial charge in [0.25, 0.3) is 5.91 Å². The van der Waals surface area contributed by atoms with E-state index >= 15 is 0 Å². The second-order valence-electron chi connectivity index (χ2n) is 5.19. The first-order chi connectivity index (χ1) is 11.6. The first-order valence-electron chi connectivity index (χ1n) is 7.34. The van der Waals surface area contributed by atoms with Gasteiger partial charge in [0.2, 0.25) is 0 Å². The first-order valence-corrected chi connectivity index (χ1v) is 8.14. The molecule has 6 heteroatoms. The van der Waals surface area contributed by atoms with Crippen molar-refractivity contribution in [1.29, 1.82) is 0 Å². The highest BCUT2D eigenvalue weighted by molar-refractivity contribution is 9.10. The number of benzene rings is 2. The molecule has 2 aromatic carbocycles. The largest absolute Gasteiger partial charge is 0.289 e. The summed E-state index contributed by atoms with van der Waals surface area (Å²) >= 11 is 3.37. The maximum absolute atomic E-state index is 12.3. The Morgan fingerprint density at radius 1 is 1.17 bits per heavy atom. The molecule has 0 atom stereocenters. The second-order valence-corrected chi connectivity index (χ2v) is 6.10. The van der Waals surface area contributed by atoms with Gasteiger partial charge >= 0.3 is 0 Å². The van der Waals surface area contributed by atoms with Crippen molar-refractivity contribution in [2.24, 2.45) is 5.10 Å². The summed E-state index contributed by atoms with van der Waals surface area (Å²) in [7, 11) is 0. The molecular formula is C18H15BrN4O. The standard InChI is InChI=1S/C18H15BrN4O/c1-12-16(14-5-3-2-4-6-14)21-22-17(12)18(24)23-20-11-13-7-9-15(19)10-8-13/h2-11H,1H3,(H,21,22)(H,23,24)/b20-11-. The molecule has 0 saturated carbocycles. The number of hydrogen-bond acceptors (Lipinski definition) is 3. The topological polar surface area (TPSA) is 70.1 Å². The van der Waals surface area contributed by atoms with Crippen molar-refractivity contribution < 1.29 is 4.79 Å². The van der Waals surface area contributed by atoms with Gasteiger partial charge in [-0.15, -0.1) is 0 Å². The summed E-state index contributed by atoms with van der Waals surface area (Å²) in [6.45, 7) is 1.86. The number of nitrogens with zero attached hydrogens (tertiary/aromatic N) is 2. The minimum Gasteiger partial charge on any atom is -0.272 e. The number of rotatable bonds is 4. The monoisotopic (exact) mass is 382 g/mol. The fourth-order valence-electron chi connectivity index (χ4n) is 2.27. The van der Waals surface area contributed by atoms with Gasteiger partial charge in [-0.3, -0.25) is 9.89 Å². The van der Waals surface area contributed by atoms with Gasteiger partial charge in [0.05, 0.1) is 11.9 Å². The number of nitrogens with one attached hydrogen (secondary N) is 2. The molecule has 1 heterocycles. The third-order valence-electron chi connectivity index (χ3n) is 3.53. The number of carbonyl (C=O) groups is 1. The lowest BCUT2D eigenvalue weighted by Gasteiger charge is -2.00. The predicted molar refractivity (Wildman–Crippen MR) is 98.0 cm³/mol. The van der Waals surface area contributed by atoms with E-state index in [0.717, 1.165) is 26.9 Å². The Kier molecular flexibility index (Phi) is 4.86. The maximum Gasteiger partial charge on any atom is 0.289 e. The van der Waals surface area contributed by atoms with E-state index in [4.69, 9.17) is 0 Å². The van der Waals surface area contributed by atoms with Crippen LogP contribution in [0.2, 0.25) is 0 Å². The molecule has 0 aliphatic heterocycles. The van der Waals surface area contributed by atoms with E-state index in [0.29, 0.717) is 5.69 Å². The van der Waals surface area contributed by atoms with Crippen LogP contribution in [0, 0.1) is 6.92 Å². The highest BCUT2D eigenvalue weighted by atomic mass is 79.9. The molecule has 120 valence electrons. The van der Waals surface area contributed by atoms with Crippen molar-refractivity contribution in [2.75, 3.05) is 0 Å². The van der Waals surface area contributed by atoms with Gasteiger partial charge in [-0.05, 0) is 24.6 Å². The Morgan fingerprint density at radius 3 is 2.58 bits per heavy atom. The zero-order chi connectivity index (χ0) is 16.9. The molecule has 0 aliphatic carbocycles. The van der Waals surface area contributed by atoms with Gasteiger partial charge in [0, 0.05) is 15.6 Å². The number of carbonyl (C=O) groups excluding carboxylic acids is 1. The van der Waals surface area contributed by atoms with E-state index in [2.05, 4.69) is 36.7 Å². The van der Waals surface area contributed by atoms with Crippen LogP contribution in [-0.4, -0.2) is 22.3 Å². The highest BCUT2D eigenvalue weighted by Crippen LogP contribution is 2.22. The molecule has 3 rings (SSSR count). The quantitative estimate of drug-likeness (QED) is 0.530. The van der Waals surface area contributed by atoms with Crippen molar-refractivity contribution in [1.82, 2.24) is 15.6 Å². The van der Waals surface area contributed by atoms with E-state index in [9.17, 15) is 4.79 Å². The minimum absolute atomic E-state index is 0.324. The smallest absolute Gasteiger partial charge is 0.272 e. The first kappa shape index (κ1) is 16.1. The molecule has 0 fully saturated rings. The van der Waals surface area contributed by atoms with Gasteiger partial charge in [0.15, 0.2) is 0 Å². The predicted octanol–water partition coefficient (Wildman–Crippen LogP) is 3.91. The summed E-state index contributed by atoms with van der Waals surface area (Å²) in [4.78, 5) is 12.3. The molecule has 0 radical (unpaired) electrons. The van der Waals surface area contributed by atoms with Crippen LogP contribution in [0.3, 0.4) is 0 Å². The van der Waals surface area contributed by atoms with E-state index in [-0.39, 0.29) is 5.91 Å². The van der Waals surface area contributed by atoms with Crippen molar-refractivity contribution in [3.63, 3.8) is 0 Å². The summed E-state index contributed by atoms with van der Waals surface area (Å²) in [6.07, 6.45) is 1.59. The highest BCUT2D eigenvalue weighted by Gasteiger charge is 2.16. The molecule has 1 aromatic heterocycles. The SMILES string of the molecule is Cc1c(-c2ccccc2)n[nH]c1C(=O)N/N=C\c1ccc(Br)cc1. The number of aromatic amines is 1. The van der Waals surface area contributed by atoms with Crippen molar-refractivity contribution >= 4 is 28.1 Å². The molecule has 0 saturated heterocycles. The Labute approximate surface area is 147 Å². The van der Waals surface area contributed by atoms with Crippen molar-refractivity contribution in [3.05, 3.63) is 75.9 Å². The summed E-state index contributed by atoms with van der Waals surface area (Å²) in [6, 6.07) is 17.3. The van der Waals surface area contributed by atoms with E-state index < -0.39 is 0 Å². The van der Waals surface area contributed by atoms with Crippen LogP contribution in [0.5, 0.6) is 0 Å². The van der Waals surface area contributed by atoms with Crippen LogP contribution in [0.4, 0.5) is 0 Å². The maximum atomic E-state index is 12.3. The third-order valence-corrected chi connectivity index (χ3v) is 4.06. The molecule has 5 nitrogen and oxygen atoms in total. The average Bonchev–Trinajstić information content (AvgIpc) is 2.99. The van der Waals surface area contributed by atoms with E-state index in [1.54, 1.807) is 6.21 Å². The van der Waals surface area contributed by atoms with Gasteiger partial charge in [-0.25, -0.2) is 5.43 Å². The fraction of sp³-hybridized carbons (Fsp3) is 0.0556. The fourth-order valence-corrected chi connectivity index (χ4v) is 2.53. The number of amides is 1. The van der Waals surface area contributed by atoms with Crippen LogP contribution in [0.1, 0.15) is 21.6 Å². The molecule has 0 bridgehead atoms. The Balaban J connectivity index is 1.72. The number of aromatic nitrogens is 2. The Morgan fingerprint density at radius 2 is 1.88 bits per heavy atom. The van der Waals surface area contributed by atoms with Crippen LogP contribution in [0.15, 0.2) is 64.2 Å². The lowest BCUT2D eigenvalue weighted by atomic mass is 10.1. The van der Waals surface area contributed by atoms with Crippen LogP contribution >= 0.6 is 15.9 Å². The Hall–Kier alpha value is -2.73. The number of H-pyrrole nitrogens is 1. The summed E-state index contributed by atoms with van der Waals surface area (Å²) in [5.41, 5.74) is 6.33. The lowest BCUT2D eigenvalue weighted by molar-refractivity contribution is 0.0949. The van der Waals surface area contributed by atoms with E-state index in [1.807, 2.05) is 61.5 Å². The van der Waals surface area contributed by atoms with Crippen LogP contribution < -0.4 is 5.43 Å². The zero-order valence-electron chi connectivity index (χ0n) is 13.0. The molecule has 3 aromatic rings. The molecule has 1 amide bonds. The Bertz CT molecular complexity index is 870. The average molecular weight is 383 g/mol. The number of halogens is 1. The molecule has 0 aliphatic rings. The normalized spacial score (nSPS) is 10.9. The lowest BCUT2D eigenvalue weighted by Crippen LogP contribution is -2.19. The summed E-state index contributed by atoms with van der Waals surface area (Å²) in [5.74, 6) is -0.324. The number of hydrogen-bond donors (Lipinski definition) is 2. The van der Waals surface area contributed by atoms with Gasteiger partial charge in [0.1, 0.15) is 5.69 Å². The molecule has 0 spiro atoms. The van der Waals surface area contributed by atoms with Crippen molar-refractivity contribution in [3.8, 4) is 11.3 Å². The minimum atomic E-state index is -0.324. The van der Waals surface area contributed by atoms with Gasteiger partial charge in [-0.2, -0.15) is 10.2 Å². The van der Waals surface area contributed by atoms with E-state index in [1.165, 1.54) is 0 Å². The molecule has 0 unspecified atom stereocenters. The zero-order valence-corrected chi connectivity index (χ0v) is 14.5. The molecule has 2 N–H and O–H groups in total. The summed E-state index contributed by atoms with van der Waals surface area (Å²) in [5, 5.41) is 11.0. The van der Waals surface area contributed by atoms with Crippen LogP contribution in [-0.2, 0) is 0 Å². The summed E-state index contributed by atoms with van der Waals surface area (Å²) < 4.78 is 0.991. The van der Waals surface area contributed by atoms with Gasteiger partial charge in [-0.1, -0.05) is 58.4 Å².